The van der Waals surface area contributed by atoms with Crippen LogP contribution in [-0.4, -0.2) is 5.91 Å². The predicted molar refractivity (Wildman–Crippen MR) is 67.0 cm³/mol. The van der Waals surface area contributed by atoms with E-state index in [1.807, 2.05) is 31.2 Å². The molecule has 0 aromatic heterocycles. The van der Waals surface area contributed by atoms with E-state index in [0.717, 1.165) is 24.1 Å². The lowest BCUT2D eigenvalue weighted by atomic mass is 10.1. The second-order valence-corrected chi connectivity index (χ2v) is 4.08. The summed E-state index contributed by atoms with van der Waals surface area (Å²) >= 11 is 0. The normalized spacial score (nSPS) is 12.2. The number of hydrogen-bond acceptors (Lipinski definition) is 2. The Balaban J connectivity index is 2.61. The molecule has 1 aromatic carbocycles. The average molecular weight is 220 g/mol. The Bertz CT molecular complexity index is 350. The summed E-state index contributed by atoms with van der Waals surface area (Å²) in [5.41, 5.74) is 7.40. The number of carbonyl (C=O) groups excluding carboxylic acids is 1. The van der Waals surface area contributed by atoms with Crippen LogP contribution >= 0.6 is 0 Å². The SMILES string of the molecule is CCCC(C)C(=O)Nc1cccc(CN)c1. The van der Waals surface area contributed by atoms with Crippen LogP contribution in [0.3, 0.4) is 0 Å². The second-order valence-electron chi connectivity index (χ2n) is 4.08. The van der Waals surface area contributed by atoms with Gasteiger partial charge in [0.15, 0.2) is 0 Å². The molecule has 0 spiro atoms. The quantitative estimate of drug-likeness (QED) is 0.801. The topological polar surface area (TPSA) is 55.1 Å². The molecule has 1 aromatic rings. The lowest BCUT2D eigenvalue weighted by Gasteiger charge is -2.11. The van der Waals surface area contributed by atoms with Gasteiger partial charge in [0.25, 0.3) is 0 Å². The molecule has 1 atom stereocenters. The van der Waals surface area contributed by atoms with Gasteiger partial charge in [-0.3, -0.25) is 4.79 Å². The fourth-order valence-electron chi connectivity index (χ4n) is 1.61. The maximum Gasteiger partial charge on any atom is 0.227 e. The molecule has 1 amide bonds. The highest BCUT2D eigenvalue weighted by Crippen LogP contribution is 2.13. The van der Waals surface area contributed by atoms with E-state index in [-0.39, 0.29) is 11.8 Å². The Kier molecular flexibility index (Phi) is 4.99. The monoisotopic (exact) mass is 220 g/mol. The summed E-state index contributed by atoms with van der Waals surface area (Å²) in [7, 11) is 0. The fraction of sp³-hybridized carbons (Fsp3) is 0.462. The highest BCUT2D eigenvalue weighted by molar-refractivity contribution is 5.92. The van der Waals surface area contributed by atoms with E-state index in [1.54, 1.807) is 0 Å². The molecule has 0 saturated carbocycles. The average Bonchev–Trinajstić information content (AvgIpc) is 2.29. The van der Waals surface area contributed by atoms with Gasteiger partial charge in [-0.2, -0.15) is 0 Å². The van der Waals surface area contributed by atoms with E-state index in [9.17, 15) is 4.79 Å². The summed E-state index contributed by atoms with van der Waals surface area (Å²) in [6.45, 7) is 4.53. The van der Waals surface area contributed by atoms with Gasteiger partial charge in [-0.15, -0.1) is 0 Å². The Morgan fingerprint density at radius 3 is 2.88 bits per heavy atom. The van der Waals surface area contributed by atoms with Crippen LogP contribution in [0.25, 0.3) is 0 Å². The number of benzene rings is 1. The molecule has 0 saturated heterocycles. The van der Waals surface area contributed by atoms with Crippen LogP contribution in [0.2, 0.25) is 0 Å². The van der Waals surface area contributed by atoms with Gasteiger partial charge in [-0.25, -0.2) is 0 Å². The van der Waals surface area contributed by atoms with E-state index in [0.29, 0.717) is 6.54 Å². The van der Waals surface area contributed by atoms with Gasteiger partial charge >= 0.3 is 0 Å². The smallest absolute Gasteiger partial charge is 0.227 e. The van der Waals surface area contributed by atoms with Gasteiger partial charge in [-0.05, 0) is 24.1 Å². The van der Waals surface area contributed by atoms with Gasteiger partial charge in [0.2, 0.25) is 5.91 Å². The third-order valence-electron chi connectivity index (χ3n) is 2.60. The number of amides is 1. The van der Waals surface area contributed by atoms with Gasteiger partial charge in [-0.1, -0.05) is 32.4 Å². The van der Waals surface area contributed by atoms with Crippen LogP contribution in [0.5, 0.6) is 0 Å². The van der Waals surface area contributed by atoms with E-state index in [2.05, 4.69) is 12.2 Å². The van der Waals surface area contributed by atoms with Gasteiger partial charge in [0.05, 0.1) is 0 Å². The van der Waals surface area contributed by atoms with Crippen molar-refractivity contribution in [3.8, 4) is 0 Å². The molecule has 0 heterocycles. The van der Waals surface area contributed by atoms with Crippen molar-refractivity contribution in [2.75, 3.05) is 5.32 Å². The number of nitrogens with two attached hydrogens (primary N) is 1. The van der Waals surface area contributed by atoms with Crippen LogP contribution in [0.4, 0.5) is 5.69 Å². The first-order chi connectivity index (χ1) is 7.67. The zero-order valence-corrected chi connectivity index (χ0v) is 9.99. The highest BCUT2D eigenvalue weighted by atomic mass is 16.1. The number of anilines is 1. The number of nitrogens with one attached hydrogen (secondary N) is 1. The van der Waals surface area contributed by atoms with Gasteiger partial charge in [0.1, 0.15) is 0 Å². The molecule has 0 aliphatic heterocycles. The lowest BCUT2D eigenvalue weighted by molar-refractivity contribution is -0.119. The molecular weight excluding hydrogens is 200 g/mol. The molecule has 3 N–H and O–H groups in total. The Hall–Kier alpha value is -1.35. The molecule has 0 fully saturated rings. The first-order valence-corrected chi connectivity index (χ1v) is 5.77. The molecule has 1 rings (SSSR count). The largest absolute Gasteiger partial charge is 0.326 e. The van der Waals surface area contributed by atoms with Crippen molar-refractivity contribution in [3.05, 3.63) is 29.8 Å². The Morgan fingerprint density at radius 1 is 1.50 bits per heavy atom. The first-order valence-electron chi connectivity index (χ1n) is 5.77. The van der Waals surface area contributed by atoms with E-state index < -0.39 is 0 Å². The van der Waals surface area contributed by atoms with Crippen LogP contribution in [0, 0.1) is 5.92 Å². The molecular formula is C13H20N2O. The summed E-state index contributed by atoms with van der Waals surface area (Å²) in [5, 5.41) is 2.91. The highest BCUT2D eigenvalue weighted by Gasteiger charge is 2.11. The summed E-state index contributed by atoms with van der Waals surface area (Å²) in [6.07, 6.45) is 1.94. The summed E-state index contributed by atoms with van der Waals surface area (Å²) in [4.78, 5) is 11.8. The van der Waals surface area contributed by atoms with Crippen LogP contribution < -0.4 is 11.1 Å². The maximum absolute atomic E-state index is 11.8. The van der Waals surface area contributed by atoms with Crippen LogP contribution in [-0.2, 0) is 11.3 Å². The molecule has 0 aliphatic rings. The standard InChI is InChI=1S/C13H20N2O/c1-3-5-10(2)13(16)15-12-7-4-6-11(8-12)9-14/h4,6-8,10H,3,5,9,14H2,1-2H3,(H,15,16). The molecule has 0 bridgehead atoms. The molecule has 16 heavy (non-hydrogen) atoms. The molecule has 88 valence electrons. The van der Waals surface area contributed by atoms with Crippen LogP contribution in [0.15, 0.2) is 24.3 Å². The van der Waals surface area contributed by atoms with Gasteiger partial charge < -0.3 is 11.1 Å². The van der Waals surface area contributed by atoms with E-state index in [1.165, 1.54) is 0 Å². The van der Waals surface area contributed by atoms with Crippen molar-refractivity contribution < 1.29 is 4.79 Å². The van der Waals surface area contributed by atoms with Crippen molar-refractivity contribution in [1.82, 2.24) is 0 Å². The zero-order chi connectivity index (χ0) is 12.0. The van der Waals surface area contributed by atoms with E-state index in [4.69, 9.17) is 5.73 Å². The van der Waals surface area contributed by atoms with Crippen molar-refractivity contribution >= 4 is 11.6 Å². The molecule has 3 nitrogen and oxygen atoms in total. The predicted octanol–water partition coefficient (Wildman–Crippen LogP) is 2.52. The van der Waals surface area contributed by atoms with Gasteiger partial charge in [0, 0.05) is 18.2 Å². The number of rotatable bonds is 5. The Labute approximate surface area is 97.0 Å². The van der Waals surface area contributed by atoms with Crippen molar-refractivity contribution in [3.63, 3.8) is 0 Å². The van der Waals surface area contributed by atoms with Crippen LogP contribution in [0.1, 0.15) is 32.3 Å². The number of carbonyl (C=O) groups is 1. The lowest BCUT2D eigenvalue weighted by Crippen LogP contribution is -2.20. The van der Waals surface area contributed by atoms with E-state index >= 15 is 0 Å². The second kappa shape index (κ2) is 6.28. The minimum atomic E-state index is 0.0616. The minimum absolute atomic E-state index is 0.0616. The third kappa shape index (κ3) is 3.66. The zero-order valence-electron chi connectivity index (χ0n) is 9.99. The Morgan fingerprint density at radius 2 is 2.25 bits per heavy atom. The van der Waals surface area contributed by atoms with Crippen molar-refractivity contribution in [2.24, 2.45) is 11.7 Å². The summed E-state index contributed by atoms with van der Waals surface area (Å²) < 4.78 is 0. The summed E-state index contributed by atoms with van der Waals surface area (Å²) in [5.74, 6) is 0.141. The fourth-order valence-corrected chi connectivity index (χ4v) is 1.61. The molecule has 0 aliphatic carbocycles. The maximum atomic E-state index is 11.8. The molecule has 1 unspecified atom stereocenters. The summed E-state index contributed by atoms with van der Waals surface area (Å²) in [6, 6.07) is 7.65. The molecule has 0 radical (unpaired) electrons. The molecule has 3 heteroatoms. The number of hydrogen-bond donors (Lipinski definition) is 2. The third-order valence-corrected chi connectivity index (χ3v) is 2.60. The first kappa shape index (κ1) is 12.7. The minimum Gasteiger partial charge on any atom is -0.326 e. The van der Waals surface area contributed by atoms with Crippen molar-refractivity contribution in [1.29, 1.82) is 0 Å². The van der Waals surface area contributed by atoms with Crippen molar-refractivity contribution in [2.45, 2.75) is 33.2 Å².